The fraction of sp³-hybridized carbons (Fsp3) is 0.0667. The summed E-state index contributed by atoms with van der Waals surface area (Å²) in [7, 11) is 0. The molecule has 0 saturated carbocycles. The molecule has 4 aromatic heterocycles. The Morgan fingerprint density at radius 1 is 0.638 bits per heavy atom. The molecule has 0 spiro atoms. The summed E-state index contributed by atoms with van der Waals surface area (Å²) in [5.74, 6) is -0.436. The topological polar surface area (TPSA) is 138 Å². The quantitative estimate of drug-likeness (QED) is 0.0881. The molecular formula is C45H31IN10O2. The van der Waals surface area contributed by atoms with Crippen LogP contribution >= 0.6 is 22.6 Å². The number of amides is 2. The second-order valence-electron chi connectivity index (χ2n) is 13.8. The molecule has 280 valence electrons. The van der Waals surface area contributed by atoms with E-state index in [0.29, 0.717) is 30.2 Å². The maximum absolute atomic E-state index is 13.9. The number of carbonyl (C=O) groups is 2. The van der Waals surface area contributed by atoms with Crippen molar-refractivity contribution in [2.75, 3.05) is 0 Å². The van der Waals surface area contributed by atoms with Crippen molar-refractivity contribution in [2.45, 2.75) is 18.5 Å². The fourth-order valence-corrected chi connectivity index (χ4v) is 8.56. The Hall–Kier alpha value is -7.13. The van der Waals surface area contributed by atoms with Gasteiger partial charge in [0.05, 0.1) is 34.1 Å². The minimum Gasteiger partial charge on any atom is -0.288 e. The number of nitrogens with zero attached hydrogens (tertiary/aromatic N) is 9. The molecule has 1 aliphatic heterocycles. The maximum Gasteiger partial charge on any atom is 0.261 e. The third-order valence-corrected chi connectivity index (χ3v) is 11.2. The zero-order valence-corrected chi connectivity index (χ0v) is 32.8. The van der Waals surface area contributed by atoms with Crippen LogP contribution in [0.25, 0.3) is 38.6 Å². The van der Waals surface area contributed by atoms with E-state index < -0.39 is 17.4 Å². The molecule has 0 radical (unpaired) electrons. The number of fused-ring (bicyclic) bond motifs is 2. The van der Waals surface area contributed by atoms with Crippen LogP contribution in [0.4, 0.5) is 0 Å². The van der Waals surface area contributed by atoms with Crippen molar-refractivity contribution in [3.63, 3.8) is 0 Å². The number of tetrazole rings is 1. The van der Waals surface area contributed by atoms with Gasteiger partial charge in [0.15, 0.2) is 5.82 Å². The van der Waals surface area contributed by atoms with E-state index >= 15 is 0 Å². The highest BCUT2D eigenvalue weighted by atomic mass is 127. The lowest BCUT2D eigenvalue weighted by Gasteiger charge is -2.36. The first-order valence-electron chi connectivity index (χ1n) is 18.6. The van der Waals surface area contributed by atoms with Crippen molar-refractivity contribution >= 4 is 67.4 Å². The summed E-state index contributed by atoms with van der Waals surface area (Å²) in [4.78, 5) is 32.0. The number of hydrogen-bond donors (Lipinski definition) is 1. The minimum atomic E-state index is -0.901. The lowest BCUT2D eigenvalue weighted by molar-refractivity contribution is -0.122. The number of halogens is 1. The molecule has 9 aromatic rings. The second kappa shape index (κ2) is 14.4. The minimum absolute atomic E-state index is 0.164. The van der Waals surface area contributed by atoms with E-state index in [1.165, 1.54) is 0 Å². The van der Waals surface area contributed by atoms with Gasteiger partial charge in [0.25, 0.3) is 11.8 Å². The molecule has 12 nitrogen and oxygen atoms in total. The molecule has 0 unspecified atom stereocenters. The normalized spacial score (nSPS) is 13.2. The Bertz CT molecular complexity index is 2940. The SMILES string of the molecule is O=C1NC(=O)C(c2nn(-c3cccnc3)c3ccc(I)cc23)=C1c1nn(CCc2nnnn2C(c2ccccc2)(c2ccccc2)c2ccccc2)c2ccccc12. The van der Waals surface area contributed by atoms with Crippen LogP contribution in [0.15, 0.2) is 158 Å². The Labute approximate surface area is 345 Å². The molecule has 13 heteroatoms. The third kappa shape index (κ3) is 5.72. The van der Waals surface area contributed by atoms with E-state index in [9.17, 15) is 9.59 Å². The summed E-state index contributed by atoms with van der Waals surface area (Å²) in [5.41, 5.74) is 5.47. The maximum atomic E-state index is 13.9. The van der Waals surface area contributed by atoms with E-state index in [4.69, 9.17) is 15.4 Å². The number of imide groups is 1. The standard InChI is InChI=1S/C45H31IN10O2/c46-32-22-23-37-35(27-32)42(51-55(37)33-19-12-25-47-28-33)40-39(43(57)48-44(40)58)41-34-20-10-11-21-36(34)54(50-41)26-24-38-49-52-53-56(38)45(29-13-4-1-5-14-29,30-15-6-2-7-16-30)31-17-8-3-9-18-31/h1-23,25,27-28H,24,26H2,(H,48,57,58). The van der Waals surface area contributed by atoms with Gasteiger partial charge < -0.3 is 0 Å². The summed E-state index contributed by atoms with van der Waals surface area (Å²) in [6, 6.07) is 48.1. The van der Waals surface area contributed by atoms with Crippen molar-refractivity contribution in [2.24, 2.45) is 0 Å². The van der Waals surface area contributed by atoms with Gasteiger partial charge in [-0.15, -0.1) is 5.10 Å². The summed E-state index contributed by atoms with van der Waals surface area (Å²) in [6.07, 6.45) is 3.79. The van der Waals surface area contributed by atoms with Gasteiger partial charge in [-0.2, -0.15) is 10.2 Å². The monoisotopic (exact) mass is 870 g/mol. The molecule has 10 rings (SSSR count). The van der Waals surface area contributed by atoms with Crippen molar-refractivity contribution in [3.05, 3.63) is 195 Å². The van der Waals surface area contributed by atoms with Gasteiger partial charge in [0.2, 0.25) is 0 Å². The molecule has 2 amide bonds. The van der Waals surface area contributed by atoms with Crippen molar-refractivity contribution < 1.29 is 9.59 Å². The first-order valence-corrected chi connectivity index (χ1v) is 19.7. The Morgan fingerprint density at radius 3 is 1.90 bits per heavy atom. The molecule has 0 atom stereocenters. The van der Waals surface area contributed by atoms with Crippen LogP contribution in [-0.2, 0) is 28.1 Å². The molecule has 58 heavy (non-hydrogen) atoms. The first-order chi connectivity index (χ1) is 28.5. The molecule has 5 aromatic carbocycles. The molecule has 5 heterocycles. The number of aryl methyl sites for hydroxylation is 2. The lowest BCUT2D eigenvalue weighted by Crippen LogP contribution is -2.40. The van der Waals surface area contributed by atoms with Gasteiger partial charge in [0, 0.05) is 33.5 Å². The van der Waals surface area contributed by atoms with Crippen LogP contribution in [0.5, 0.6) is 0 Å². The largest absolute Gasteiger partial charge is 0.288 e. The molecule has 1 aliphatic rings. The number of benzene rings is 5. The number of rotatable bonds is 10. The summed E-state index contributed by atoms with van der Waals surface area (Å²) in [6.45, 7) is 0.365. The van der Waals surface area contributed by atoms with Gasteiger partial charge in [-0.25, -0.2) is 9.36 Å². The van der Waals surface area contributed by atoms with E-state index in [2.05, 4.69) is 79.6 Å². The molecule has 0 aliphatic carbocycles. The van der Waals surface area contributed by atoms with Crippen molar-refractivity contribution in [1.82, 2.24) is 50.1 Å². The molecular weight excluding hydrogens is 839 g/mol. The number of para-hydroxylation sites is 1. The van der Waals surface area contributed by atoms with Crippen LogP contribution < -0.4 is 5.32 Å². The Morgan fingerprint density at radius 2 is 1.26 bits per heavy atom. The molecule has 0 saturated heterocycles. The fourth-order valence-electron chi connectivity index (χ4n) is 8.07. The van der Waals surface area contributed by atoms with Crippen molar-refractivity contribution in [3.8, 4) is 5.69 Å². The number of pyridine rings is 1. The average Bonchev–Trinajstić information content (AvgIpc) is 4.05. The van der Waals surface area contributed by atoms with E-state index in [1.54, 1.807) is 17.1 Å². The summed E-state index contributed by atoms with van der Waals surface area (Å²) in [5, 5.41) is 27.6. The average molecular weight is 871 g/mol. The smallest absolute Gasteiger partial charge is 0.261 e. The predicted molar refractivity (Wildman–Crippen MR) is 227 cm³/mol. The third-order valence-electron chi connectivity index (χ3n) is 10.6. The zero-order valence-electron chi connectivity index (χ0n) is 30.6. The van der Waals surface area contributed by atoms with Crippen LogP contribution in [0.1, 0.15) is 33.9 Å². The highest BCUT2D eigenvalue weighted by molar-refractivity contribution is 14.1. The van der Waals surface area contributed by atoms with Gasteiger partial charge >= 0.3 is 0 Å². The Kier molecular flexibility index (Phi) is 8.78. The highest BCUT2D eigenvalue weighted by Gasteiger charge is 2.42. The number of hydrogen-bond acceptors (Lipinski definition) is 8. The van der Waals surface area contributed by atoms with Crippen LogP contribution in [-0.4, -0.2) is 56.6 Å². The zero-order chi connectivity index (χ0) is 39.2. The summed E-state index contributed by atoms with van der Waals surface area (Å²) < 4.78 is 6.47. The molecule has 1 N–H and O–H groups in total. The van der Waals surface area contributed by atoms with E-state index in [-0.39, 0.29) is 11.1 Å². The second-order valence-corrected chi connectivity index (χ2v) is 15.1. The summed E-state index contributed by atoms with van der Waals surface area (Å²) >= 11 is 2.24. The lowest BCUT2D eigenvalue weighted by atomic mass is 9.77. The van der Waals surface area contributed by atoms with Crippen LogP contribution in [0.2, 0.25) is 0 Å². The number of aromatic nitrogens is 9. The Balaban J connectivity index is 1.11. The van der Waals surface area contributed by atoms with Crippen molar-refractivity contribution in [1.29, 1.82) is 0 Å². The van der Waals surface area contributed by atoms with Crippen LogP contribution in [0.3, 0.4) is 0 Å². The highest BCUT2D eigenvalue weighted by Crippen LogP contribution is 2.41. The molecule has 0 bridgehead atoms. The first kappa shape index (κ1) is 35.3. The predicted octanol–water partition coefficient (Wildman–Crippen LogP) is 7.01. The number of carbonyl (C=O) groups excluding carboxylic acids is 2. The molecule has 0 fully saturated rings. The van der Waals surface area contributed by atoms with Gasteiger partial charge in [0.1, 0.15) is 16.9 Å². The van der Waals surface area contributed by atoms with Crippen LogP contribution in [0, 0.1) is 3.57 Å². The number of nitrogens with one attached hydrogen (secondary N) is 1. The van der Waals surface area contributed by atoms with Gasteiger partial charge in [-0.3, -0.25) is 24.6 Å². The van der Waals surface area contributed by atoms with Gasteiger partial charge in [-0.05, 0) is 86.1 Å². The van der Waals surface area contributed by atoms with Gasteiger partial charge in [-0.1, -0.05) is 109 Å². The van der Waals surface area contributed by atoms with E-state index in [0.717, 1.165) is 47.8 Å². The van der Waals surface area contributed by atoms with E-state index in [1.807, 2.05) is 119 Å².